The van der Waals surface area contributed by atoms with Crippen molar-refractivity contribution < 1.29 is 4.79 Å². The quantitative estimate of drug-likeness (QED) is 0.879. The molecule has 1 amide bonds. The van der Waals surface area contributed by atoms with Gasteiger partial charge in [0.05, 0.1) is 5.56 Å². The highest BCUT2D eigenvalue weighted by Crippen LogP contribution is 2.14. The fourth-order valence-corrected chi connectivity index (χ4v) is 2.63. The van der Waals surface area contributed by atoms with Gasteiger partial charge >= 0.3 is 0 Å². The second-order valence-electron chi connectivity index (χ2n) is 4.99. The van der Waals surface area contributed by atoms with Crippen molar-refractivity contribution >= 4 is 11.6 Å². The van der Waals surface area contributed by atoms with E-state index in [1.54, 1.807) is 6.20 Å². The van der Waals surface area contributed by atoms with Gasteiger partial charge < -0.3 is 14.6 Å². The molecule has 0 aromatic carbocycles. The van der Waals surface area contributed by atoms with Crippen molar-refractivity contribution in [2.75, 3.05) is 20.1 Å². The number of likely N-dealkylation sites (N-methyl/N-ethyl adjacent to an activating group) is 1. The summed E-state index contributed by atoms with van der Waals surface area (Å²) < 4.78 is 1.88. The smallest absolute Gasteiger partial charge is 0.255 e. The molecule has 1 aliphatic heterocycles. The summed E-state index contributed by atoms with van der Waals surface area (Å²) in [5.41, 5.74) is 1.59. The summed E-state index contributed by atoms with van der Waals surface area (Å²) in [6.07, 6.45) is 7.65. The van der Waals surface area contributed by atoms with E-state index in [1.807, 2.05) is 40.9 Å². The van der Waals surface area contributed by atoms with Gasteiger partial charge in [0.25, 0.3) is 5.91 Å². The lowest BCUT2D eigenvalue weighted by Crippen LogP contribution is -2.47. The first-order valence-corrected chi connectivity index (χ1v) is 6.67. The molecule has 1 atom stereocenters. The van der Waals surface area contributed by atoms with E-state index >= 15 is 0 Å². The predicted molar refractivity (Wildman–Crippen MR) is 73.2 cm³/mol. The molecular formula is C14H18N4O. The van der Waals surface area contributed by atoms with E-state index in [1.165, 1.54) is 0 Å². The van der Waals surface area contributed by atoms with Crippen molar-refractivity contribution in [2.24, 2.45) is 0 Å². The zero-order chi connectivity index (χ0) is 13.2. The van der Waals surface area contributed by atoms with Crippen LogP contribution in [0.1, 0.15) is 23.2 Å². The Kier molecular flexibility index (Phi) is 3.21. The van der Waals surface area contributed by atoms with Crippen LogP contribution in [0.15, 0.2) is 30.7 Å². The Balaban J connectivity index is 1.82. The summed E-state index contributed by atoms with van der Waals surface area (Å²) in [4.78, 5) is 18.6. The van der Waals surface area contributed by atoms with Gasteiger partial charge in [-0.3, -0.25) is 4.79 Å². The van der Waals surface area contributed by atoms with Crippen molar-refractivity contribution in [2.45, 2.75) is 18.9 Å². The van der Waals surface area contributed by atoms with Crippen molar-refractivity contribution in [3.05, 3.63) is 36.3 Å². The van der Waals surface area contributed by atoms with Crippen LogP contribution in [0, 0.1) is 0 Å². The minimum atomic E-state index is 0.107. The van der Waals surface area contributed by atoms with Crippen LogP contribution >= 0.6 is 0 Å². The minimum Gasteiger partial charge on any atom is -0.337 e. The molecule has 5 heteroatoms. The Labute approximate surface area is 112 Å². The Morgan fingerprint density at radius 2 is 2.37 bits per heavy atom. The zero-order valence-corrected chi connectivity index (χ0v) is 11.0. The van der Waals surface area contributed by atoms with E-state index in [0.717, 1.165) is 37.1 Å². The highest BCUT2D eigenvalue weighted by atomic mass is 16.2. The van der Waals surface area contributed by atoms with Crippen molar-refractivity contribution in [1.82, 2.24) is 19.6 Å². The van der Waals surface area contributed by atoms with Gasteiger partial charge in [-0.2, -0.15) is 0 Å². The van der Waals surface area contributed by atoms with Crippen LogP contribution in [0.3, 0.4) is 0 Å². The summed E-state index contributed by atoms with van der Waals surface area (Å²) in [7, 11) is 1.95. The van der Waals surface area contributed by atoms with Crippen molar-refractivity contribution in [3.8, 4) is 0 Å². The summed E-state index contributed by atoms with van der Waals surface area (Å²) >= 11 is 0. The highest BCUT2D eigenvalue weighted by Gasteiger charge is 2.23. The second-order valence-corrected chi connectivity index (χ2v) is 4.99. The minimum absolute atomic E-state index is 0.107. The average Bonchev–Trinajstić information content (AvgIpc) is 2.94. The number of hydrogen-bond donors (Lipinski definition) is 1. The first-order chi connectivity index (χ1) is 9.28. The summed E-state index contributed by atoms with van der Waals surface area (Å²) in [6.45, 7) is 1.64. The lowest BCUT2D eigenvalue weighted by molar-refractivity contribution is 0.0697. The number of pyridine rings is 1. The van der Waals surface area contributed by atoms with E-state index in [2.05, 4.69) is 10.3 Å². The topological polar surface area (TPSA) is 49.6 Å². The van der Waals surface area contributed by atoms with E-state index in [-0.39, 0.29) is 5.91 Å². The average molecular weight is 258 g/mol. The van der Waals surface area contributed by atoms with Gasteiger partial charge in [-0.25, -0.2) is 4.98 Å². The number of piperidine rings is 1. The number of nitrogens with one attached hydrogen (secondary N) is 1. The number of aromatic nitrogens is 2. The Bertz CT molecular complexity index is 592. The number of rotatable bonds is 2. The van der Waals surface area contributed by atoms with Crippen LogP contribution < -0.4 is 5.32 Å². The Morgan fingerprint density at radius 3 is 3.21 bits per heavy atom. The summed E-state index contributed by atoms with van der Waals surface area (Å²) in [5, 5.41) is 3.26. The van der Waals surface area contributed by atoms with Crippen LogP contribution in [0.25, 0.3) is 5.65 Å². The van der Waals surface area contributed by atoms with E-state index < -0.39 is 0 Å². The van der Waals surface area contributed by atoms with Gasteiger partial charge in [0.1, 0.15) is 5.65 Å². The predicted octanol–water partition coefficient (Wildman–Crippen LogP) is 1.16. The molecule has 0 aliphatic carbocycles. The zero-order valence-electron chi connectivity index (χ0n) is 11.0. The number of amides is 1. The number of hydrogen-bond acceptors (Lipinski definition) is 3. The maximum Gasteiger partial charge on any atom is 0.255 e. The summed E-state index contributed by atoms with van der Waals surface area (Å²) in [6, 6.07) is 4.15. The molecule has 0 spiro atoms. The number of carbonyl (C=O) groups excluding carboxylic acids is 1. The van der Waals surface area contributed by atoms with Gasteiger partial charge in [0.2, 0.25) is 0 Å². The molecule has 2 aromatic heterocycles. The van der Waals surface area contributed by atoms with Gasteiger partial charge in [0, 0.05) is 37.7 Å². The van der Waals surface area contributed by atoms with Crippen LogP contribution in [0.2, 0.25) is 0 Å². The molecule has 100 valence electrons. The second kappa shape index (κ2) is 5.01. The molecule has 3 rings (SSSR count). The van der Waals surface area contributed by atoms with Crippen LogP contribution in [-0.4, -0.2) is 46.4 Å². The molecule has 5 nitrogen and oxygen atoms in total. The Morgan fingerprint density at radius 1 is 1.47 bits per heavy atom. The Hall–Kier alpha value is -1.88. The standard InChI is InChI=1S/C14H18N4O/c1-15-12-3-2-7-18(10-12)14(19)11-4-5-13-16-6-8-17(13)9-11/h4-6,8-9,12,15H,2-3,7,10H2,1H3/t12-/m0/s1. The van der Waals surface area contributed by atoms with Crippen LogP contribution in [0.4, 0.5) is 0 Å². The number of carbonyl (C=O) groups is 1. The first-order valence-electron chi connectivity index (χ1n) is 6.67. The largest absolute Gasteiger partial charge is 0.337 e. The lowest BCUT2D eigenvalue weighted by Gasteiger charge is -2.32. The molecule has 2 aromatic rings. The molecule has 19 heavy (non-hydrogen) atoms. The highest BCUT2D eigenvalue weighted by molar-refractivity contribution is 5.94. The molecule has 1 aliphatic rings. The number of fused-ring (bicyclic) bond motifs is 1. The normalized spacial score (nSPS) is 19.8. The molecule has 0 radical (unpaired) electrons. The van der Waals surface area contributed by atoms with Gasteiger partial charge in [-0.05, 0) is 32.0 Å². The SMILES string of the molecule is CN[C@H]1CCCN(C(=O)c2ccc3nccn3c2)C1. The van der Waals surface area contributed by atoms with Gasteiger partial charge in [-0.15, -0.1) is 0 Å². The fraction of sp³-hybridized carbons (Fsp3) is 0.429. The monoisotopic (exact) mass is 258 g/mol. The summed E-state index contributed by atoms with van der Waals surface area (Å²) in [5.74, 6) is 0.107. The molecule has 0 saturated carbocycles. The fourth-order valence-electron chi connectivity index (χ4n) is 2.63. The van der Waals surface area contributed by atoms with E-state index in [0.29, 0.717) is 6.04 Å². The van der Waals surface area contributed by atoms with Crippen molar-refractivity contribution in [1.29, 1.82) is 0 Å². The molecule has 1 saturated heterocycles. The molecule has 1 fully saturated rings. The lowest BCUT2D eigenvalue weighted by atomic mass is 10.1. The number of nitrogens with zero attached hydrogens (tertiary/aromatic N) is 3. The van der Waals surface area contributed by atoms with E-state index in [9.17, 15) is 4.79 Å². The maximum atomic E-state index is 12.5. The number of likely N-dealkylation sites (tertiary alicyclic amines) is 1. The molecular weight excluding hydrogens is 240 g/mol. The first kappa shape index (κ1) is 12.2. The molecule has 0 bridgehead atoms. The van der Waals surface area contributed by atoms with Crippen molar-refractivity contribution in [3.63, 3.8) is 0 Å². The third-order valence-corrected chi connectivity index (χ3v) is 3.75. The molecule has 3 heterocycles. The van der Waals surface area contributed by atoms with Crippen LogP contribution in [0.5, 0.6) is 0 Å². The van der Waals surface area contributed by atoms with Gasteiger partial charge in [-0.1, -0.05) is 0 Å². The third kappa shape index (κ3) is 2.33. The van der Waals surface area contributed by atoms with Crippen LogP contribution in [-0.2, 0) is 0 Å². The number of imidazole rings is 1. The van der Waals surface area contributed by atoms with E-state index in [4.69, 9.17) is 0 Å². The third-order valence-electron chi connectivity index (χ3n) is 3.75. The van der Waals surface area contributed by atoms with Gasteiger partial charge in [0.15, 0.2) is 0 Å². The molecule has 0 unspecified atom stereocenters. The maximum absolute atomic E-state index is 12.5. The molecule has 1 N–H and O–H groups in total.